The molecule has 5 nitrogen and oxygen atoms in total. The van der Waals surface area contributed by atoms with Gasteiger partial charge < -0.3 is 10.4 Å². The normalized spacial score (nSPS) is 17.3. The number of amides is 1. The maximum Gasteiger partial charge on any atom is 0.309 e. The zero-order valence-corrected chi connectivity index (χ0v) is 12.8. The van der Waals surface area contributed by atoms with Crippen molar-refractivity contribution < 1.29 is 14.7 Å². The summed E-state index contributed by atoms with van der Waals surface area (Å²) in [7, 11) is 0. The van der Waals surface area contributed by atoms with Crippen LogP contribution in [0.1, 0.15) is 18.5 Å². The minimum atomic E-state index is -0.787. The average molecular weight is 341 g/mol. The maximum absolute atomic E-state index is 11.9. The van der Waals surface area contributed by atoms with Gasteiger partial charge in [0.25, 0.3) is 0 Å². The maximum atomic E-state index is 11.9. The molecule has 0 aliphatic carbocycles. The number of carbonyl (C=O) groups is 2. The summed E-state index contributed by atoms with van der Waals surface area (Å²) in [6, 6.07) is 7.72. The summed E-state index contributed by atoms with van der Waals surface area (Å²) in [6.45, 7) is 3.09. The number of nitrogens with one attached hydrogen (secondary N) is 1. The third-order valence-electron chi connectivity index (χ3n) is 3.42. The highest BCUT2D eigenvalue weighted by molar-refractivity contribution is 9.10. The first-order valence-corrected chi connectivity index (χ1v) is 7.25. The van der Waals surface area contributed by atoms with Gasteiger partial charge in [0, 0.05) is 17.6 Å². The minimum absolute atomic E-state index is 0.0628. The van der Waals surface area contributed by atoms with E-state index >= 15 is 0 Å². The molecule has 1 amide bonds. The Balaban J connectivity index is 1.77. The van der Waals surface area contributed by atoms with Crippen LogP contribution in [0.4, 0.5) is 0 Å². The van der Waals surface area contributed by atoms with E-state index in [0.29, 0.717) is 13.1 Å². The molecule has 2 N–H and O–H groups in total. The van der Waals surface area contributed by atoms with Gasteiger partial charge in [0.15, 0.2) is 0 Å². The molecule has 0 aromatic heterocycles. The highest BCUT2D eigenvalue weighted by Gasteiger charge is 2.33. The van der Waals surface area contributed by atoms with E-state index in [1.54, 1.807) is 0 Å². The molecule has 1 aromatic rings. The van der Waals surface area contributed by atoms with Crippen LogP contribution in [0.2, 0.25) is 0 Å². The fourth-order valence-corrected chi connectivity index (χ4v) is 2.44. The van der Waals surface area contributed by atoms with E-state index in [4.69, 9.17) is 5.11 Å². The third kappa shape index (κ3) is 3.80. The van der Waals surface area contributed by atoms with Crippen LogP contribution in [0, 0.1) is 5.92 Å². The smallest absolute Gasteiger partial charge is 0.309 e. The van der Waals surface area contributed by atoms with E-state index in [1.807, 2.05) is 36.1 Å². The second kappa shape index (κ2) is 6.37. The molecule has 0 radical (unpaired) electrons. The monoisotopic (exact) mass is 340 g/mol. The highest BCUT2D eigenvalue weighted by Crippen LogP contribution is 2.17. The van der Waals surface area contributed by atoms with E-state index in [9.17, 15) is 9.59 Å². The van der Waals surface area contributed by atoms with Crippen LogP contribution in [0.25, 0.3) is 0 Å². The highest BCUT2D eigenvalue weighted by atomic mass is 79.9. The fourth-order valence-electron chi connectivity index (χ4n) is 2.18. The Labute approximate surface area is 126 Å². The van der Waals surface area contributed by atoms with E-state index < -0.39 is 5.97 Å². The lowest BCUT2D eigenvalue weighted by Gasteiger charge is -2.36. The van der Waals surface area contributed by atoms with Crippen molar-refractivity contribution >= 4 is 27.8 Å². The minimum Gasteiger partial charge on any atom is -0.481 e. The van der Waals surface area contributed by atoms with Gasteiger partial charge >= 0.3 is 5.97 Å². The van der Waals surface area contributed by atoms with Gasteiger partial charge in [-0.05, 0) is 24.6 Å². The molecule has 108 valence electrons. The van der Waals surface area contributed by atoms with Gasteiger partial charge in [-0.25, -0.2) is 0 Å². The molecule has 1 atom stereocenters. The molecule has 0 spiro atoms. The topological polar surface area (TPSA) is 69.6 Å². The van der Waals surface area contributed by atoms with Crippen LogP contribution >= 0.6 is 15.9 Å². The summed E-state index contributed by atoms with van der Waals surface area (Å²) in [5.74, 6) is -1.19. The van der Waals surface area contributed by atoms with Gasteiger partial charge in [0.2, 0.25) is 5.91 Å². The Morgan fingerprint density at radius 2 is 2.00 bits per heavy atom. The van der Waals surface area contributed by atoms with E-state index in [1.165, 1.54) is 0 Å². The lowest BCUT2D eigenvalue weighted by atomic mass is 10.0. The van der Waals surface area contributed by atoms with Gasteiger partial charge in [-0.15, -0.1) is 0 Å². The molecular weight excluding hydrogens is 324 g/mol. The number of likely N-dealkylation sites (tertiary alicyclic amines) is 1. The lowest BCUT2D eigenvalue weighted by molar-refractivity contribution is -0.148. The number of nitrogens with zero attached hydrogens (tertiary/aromatic N) is 1. The second-order valence-electron chi connectivity index (χ2n) is 5.07. The zero-order valence-electron chi connectivity index (χ0n) is 11.2. The number of rotatable bonds is 5. The Hall–Kier alpha value is -1.40. The van der Waals surface area contributed by atoms with E-state index in [-0.39, 0.29) is 24.4 Å². The molecule has 1 saturated heterocycles. The quantitative estimate of drug-likeness (QED) is 0.854. The van der Waals surface area contributed by atoms with Crippen LogP contribution in [0.3, 0.4) is 0 Å². The van der Waals surface area contributed by atoms with Crippen molar-refractivity contribution in [3.8, 4) is 0 Å². The van der Waals surface area contributed by atoms with Crippen molar-refractivity contribution in [1.29, 1.82) is 0 Å². The first-order chi connectivity index (χ1) is 9.45. The Bertz CT molecular complexity index is 498. The van der Waals surface area contributed by atoms with Crippen molar-refractivity contribution in [2.24, 2.45) is 5.92 Å². The Morgan fingerprint density at radius 1 is 1.40 bits per heavy atom. The predicted octanol–water partition coefficient (Wildman–Crippen LogP) is 1.64. The molecule has 0 saturated carbocycles. The van der Waals surface area contributed by atoms with E-state index in [2.05, 4.69) is 21.2 Å². The molecule has 1 aliphatic rings. The molecule has 2 rings (SSSR count). The van der Waals surface area contributed by atoms with Crippen molar-refractivity contribution in [2.75, 3.05) is 19.6 Å². The molecule has 0 bridgehead atoms. The number of carbonyl (C=O) groups excluding carboxylic acids is 1. The first kappa shape index (κ1) is 15.0. The summed E-state index contributed by atoms with van der Waals surface area (Å²) in [5.41, 5.74) is 1.04. The average Bonchev–Trinajstić information content (AvgIpc) is 2.33. The summed E-state index contributed by atoms with van der Waals surface area (Å²) < 4.78 is 1.00. The first-order valence-electron chi connectivity index (χ1n) is 6.45. The molecule has 1 unspecified atom stereocenters. The SMILES string of the molecule is CC(NC(=O)CN1CC(C(=O)O)C1)c1ccc(Br)cc1. The van der Waals surface area contributed by atoms with Gasteiger partial charge in [-0.1, -0.05) is 28.1 Å². The summed E-state index contributed by atoms with van der Waals surface area (Å²) in [6.07, 6.45) is 0. The van der Waals surface area contributed by atoms with Gasteiger partial charge in [-0.3, -0.25) is 14.5 Å². The second-order valence-corrected chi connectivity index (χ2v) is 5.99. The van der Waals surface area contributed by atoms with Gasteiger partial charge in [0.05, 0.1) is 18.5 Å². The molecule has 1 aliphatic heterocycles. The zero-order chi connectivity index (χ0) is 14.7. The predicted molar refractivity (Wildman–Crippen MR) is 78.3 cm³/mol. The van der Waals surface area contributed by atoms with Crippen molar-refractivity contribution in [3.63, 3.8) is 0 Å². The standard InChI is InChI=1S/C14H17BrN2O3/c1-9(10-2-4-12(15)5-3-10)16-13(18)8-17-6-11(7-17)14(19)20/h2-5,9,11H,6-8H2,1H3,(H,16,18)(H,19,20). The number of aliphatic carboxylic acids is 1. The Kier molecular flexibility index (Phi) is 4.77. The van der Waals surface area contributed by atoms with E-state index in [0.717, 1.165) is 10.0 Å². The molecule has 1 aromatic carbocycles. The molecule has 20 heavy (non-hydrogen) atoms. The summed E-state index contributed by atoms with van der Waals surface area (Å²) in [5, 5.41) is 11.7. The van der Waals surface area contributed by atoms with Crippen molar-refractivity contribution in [2.45, 2.75) is 13.0 Å². The van der Waals surface area contributed by atoms with Crippen LogP contribution in [0.15, 0.2) is 28.7 Å². The third-order valence-corrected chi connectivity index (χ3v) is 3.95. The summed E-state index contributed by atoms with van der Waals surface area (Å²) in [4.78, 5) is 24.4. The number of hydrogen-bond acceptors (Lipinski definition) is 3. The Morgan fingerprint density at radius 3 is 2.55 bits per heavy atom. The van der Waals surface area contributed by atoms with Gasteiger partial charge in [-0.2, -0.15) is 0 Å². The van der Waals surface area contributed by atoms with Gasteiger partial charge in [0.1, 0.15) is 0 Å². The van der Waals surface area contributed by atoms with Crippen molar-refractivity contribution in [3.05, 3.63) is 34.3 Å². The number of hydrogen-bond donors (Lipinski definition) is 2. The fraction of sp³-hybridized carbons (Fsp3) is 0.429. The number of benzene rings is 1. The number of carboxylic acid groups (broad SMARTS) is 1. The molecular formula is C14H17BrN2O3. The van der Waals surface area contributed by atoms with Crippen LogP contribution in [-0.4, -0.2) is 41.5 Å². The van der Waals surface area contributed by atoms with Crippen LogP contribution < -0.4 is 5.32 Å². The summed E-state index contributed by atoms with van der Waals surface area (Å²) >= 11 is 3.37. The molecule has 6 heteroatoms. The largest absolute Gasteiger partial charge is 0.481 e. The molecule has 1 heterocycles. The molecule has 1 fully saturated rings. The van der Waals surface area contributed by atoms with Crippen LogP contribution in [-0.2, 0) is 9.59 Å². The number of carboxylic acids is 1. The lowest BCUT2D eigenvalue weighted by Crippen LogP contribution is -2.53. The van der Waals surface area contributed by atoms with Crippen LogP contribution in [0.5, 0.6) is 0 Å². The number of halogens is 1. The van der Waals surface area contributed by atoms with Crippen molar-refractivity contribution in [1.82, 2.24) is 10.2 Å².